The Bertz CT molecular complexity index is 808. The molecule has 9 nitrogen and oxygen atoms in total. The number of aromatic amines is 1. The molecule has 4 rings (SSSR count). The van der Waals surface area contributed by atoms with Gasteiger partial charge < -0.3 is 15.2 Å². The van der Waals surface area contributed by atoms with E-state index >= 15 is 0 Å². The lowest BCUT2D eigenvalue weighted by Crippen LogP contribution is -2.37. The zero-order chi connectivity index (χ0) is 16.4. The maximum Gasteiger partial charge on any atom is 0.182 e. The molecule has 0 radical (unpaired) electrons. The molecule has 1 unspecified atom stereocenters. The standard InChI is InChI=1S/C15H21N9/c1-16-5-12-8-24(22-21-12)7-11-3-2-4-23(6-11)15-13-14(18-9-17-13)19-10-20-15/h8-11,16H,2-7H2,1H3,(H,17,18,19,20). The number of nitrogens with zero attached hydrogens (tertiary/aromatic N) is 7. The van der Waals surface area contributed by atoms with E-state index in [2.05, 4.69) is 40.5 Å². The molecule has 4 heterocycles. The Morgan fingerprint density at radius 1 is 1.33 bits per heavy atom. The van der Waals surface area contributed by atoms with Crippen LogP contribution in [-0.4, -0.2) is 55.1 Å². The number of fused-ring (bicyclic) bond motifs is 1. The average Bonchev–Trinajstić information content (AvgIpc) is 3.24. The number of imidazole rings is 1. The quantitative estimate of drug-likeness (QED) is 0.707. The highest BCUT2D eigenvalue weighted by atomic mass is 15.4. The van der Waals surface area contributed by atoms with Crippen molar-refractivity contribution in [3.05, 3.63) is 24.5 Å². The molecule has 3 aromatic heterocycles. The van der Waals surface area contributed by atoms with E-state index < -0.39 is 0 Å². The Hall–Kier alpha value is -2.55. The van der Waals surface area contributed by atoms with Gasteiger partial charge in [0.15, 0.2) is 11.5 Å². The monoisotopic (exact) mass is 327 g/mol. The highest BCUT2D eigenvalue weighted by Gasteiger charge is 2.23. The average molecular weight is 327 g/mol. The second-order valence-corrected chi connectivity index (χ2v) is 6.21. The van der Waals surface area contributed by atoms with Crippen LogP contribution in [0.3, 0.4) is 0 Å². The van der Waals surface area contributed by atoms with Crippen molar-refractivity contribution in [2.45, 2.75) is 25.9 Å². The molecule has 0 bridgehead atoms. The number of nitrogens with one attached hydrogen (secondary N) is 2. The van der Waals surface area contributed by atoms with Crippen LogP contribution in [0.25, 0.3) is 11.2 Å². The fourth-order valence-corrected chi connectivity index (χ4v) is 3.35. The molecule has 1 fully saturated rings. The van der Waals surface area contributed by atoms with Crippen molar-refractivity contribution in [1.82, 2.24) is 40.2 Å². The lowest BCUT2D eigenvalue weighted by molar-refractivity contribution is 0.347. The third-order valence-corrected chi connectivity index (χ3v) is 4.41. The van der Waals surface area contributed by atoms with Crippen molar-refractivity contribution >= 4 is 17.0 Å². The fraction of sp³-hybridized carbons (Fsp3) is 0.533. The molecule has 0 spiro atoms. The maximum absolute atomic E-state index is 4.47. The van der Waals surface area contributed by atoms with Crippen molar-refractivity contribution < 1.29 is 0 Å². The molecule has 1 atom stereocenters. The first-order valence-electron chi connectivity index (χ1n) is 8.26. The first-order chi connectivity index (χ1) is 11.8. The first-order valence-corrected chi connectivity index (χ1v) is 8.26. The molecule has 24 heavy (non-hydrogen) atoms. The number of hydrogen-bond donors (Lipinski definition) is 2. The van der Waals surface area contributed by atoms with Gasteiger partial charge in [0.25, 0.3) is 0 Å². The van der Waals surface area contributed by atoms with E-state index in [-0.39, 0.29) is 0 Å². The van der Waals surface area contributed by atoms with Crippen LogP contribution in [0.1, 0.15) is 18.5 Å². The lowest BCUT2D eigenvalue weighted by Gasteiger charge is -2.33. The minimum absolute atomic E-state index is 0.524. The summed E-state index contributed by atoms with van der Waals surface area (Å²) in [6.07, 6.45) is 7.61. The minimum Gasteiger partial charge on any atom is -0.354 e. The predicted octanol–water partition coefficient (Wildman–Crippen LogP) is 0.580. The molecule has 3 aromatic rings. The lowest BCUT2D eigenvalue weighted by atomic mass is 9.98. The third-order valence-electron chi connectivity index (χ3n) is 4.41. The van der Waals surface area contributed by atoms with Gasteiger partial charge in [-0.25, -0.2) is 15.0 Å². The van der Waals surface area contributed by atoms with Gasteiger partial charge in [-0.15, -0.1) is 5.10 Å². The molecular formula is C15H21N9. The molecule has 0 aliphatic carbocycles. The molecule has 1 saturated heterocycles. The van der Waals surface area contributed by atoms with Crippen LogP contribution in [0, 0.1) is 5.92 Å². The molecule has 1 aliphatic rings. The van der Waals surface area contributed by atoms with Crippen LogP contribution in [0.4, 0.5) is 5.82 Å². The molecule has 0 aromatic carbocycles. The molecule has 9 heteroatoms. The topological polar surface area (TPSA) is 100 Å². The summed E-state index contributed by atoms with van der Waals surface area (Å²) in [6.45, 7) is 3.58. The predicted molar refractivity (Wildman–Crippen MR) is 89.4 cm³/mol. The van der Waals surface area contributed by atoms with Crippen LogP contribution in [0.5, 0.6) is 0 Å². The summed E-state index contributed by atoms with van der Waals surface area (Å²) in [5.41, 5.74) is 2.60. The second kappa shape index (κ2) is 6.52. The van der Waals surface area contributed by atoms with Crippen molar-refractivity contribution in [1.29, 1.82) is 0 Å². The van der Waals surface area contributed by atoms with Crippen molar-refractivity contribution in [3.8, 4) is 0 Å². The molecular weight excluding hydrogens is 306 g/mol. The largest absolute Gasteiger partial charge is 0.354 e. The van der Waals surface area contributed by atoms with E-state index in [1.54, 1.807) is 12.7 Å². The summed E-state index contributed by atoms with van der Waals surface area (Å²) in [5, 5.41) is 11.5. The van der Waals surface area contributed by atoms with Crippen molar-refractivity contribution in [3.63, 3.8) is 0 Å². The third kappa shape index (κ3) is 2.94. The summed E-state index contributed by atoms with van der Waals surface area (Å²) < 4.78 is 1.95. The number of aromatic nitrogens is 7. The van der Waals surface area contributed by atoms with Crippen molar-refractivity contribution in [2.75, 3.05) is 25.0 Å². The number of anilines is 1. The highest BCUT2D eigenvalue weighted by molar-refractivity contribution is 5.82. The Morgan fingerprint density at radius 3 is 3.21 bits per heavy atom. The maximum atomic E-state index is 4.47. The molecule has 0 amide bonds. The van der Waals surface area contributed by atoms with Gasteiger partial charge in [-0.3, -0.25) is 4.68 Å². The summed E-state index contributed by atoms with van der Waals surface area (Å²) in [7, 11) is 1.91. The van der Waals surface area contributed by atoms with Gasteiger partial charge in [-0.2, -0.15) is 0 Å². The van der Waals surface area contributed by atoms with Gasteiger partial charge in [0.05, 0.1) is 12.0 Å². The van der Waals surface area contributed by atoms with Crippen LogP contribution in [0.15, 0.2) is 18.9 Å². The van der Waals surface area contributed by atoms with Gasteiger partial charge in [0.1, 0.15) is 11.8 Å². The van der Waals surface area contributed by atoms with Crippen LogP contribution >= 0.6 is 0 Å². The van der Waals surface area contributed by atoms with E-state index in [0.29, 0.717) is 5.92 Å². The van der Waals surface area contributed by atoms with E-state index in [1.807, 2.05) is 17.9 Å². The van der Waals surface area contributed by atoms with Crippen LogP contribution in [0.2, 0.25) is 0 Å². The minimum atomic E-state index is 0.524. The normalized spacial score (nSPS) is 18.4. The van der Waals surface area contributed by atoms with Gasteiger partial charge in [0, 0.05) is 32.4 Å². The summed E-state index contributed by atoms with van der Waals surface area (Å²) >= 11 is 0. The zero-order valence-electron chi connectivity index (χ0n) is 13.7. The summed E-state index contributed by atoms with van der Waals surface area (Å²) in [4.78, 5) is 18.4. The number of hydrogen-bond acceptors (Lipinski definition) is 7. The number of rotatable bonds is 5. The molecule has 2 N–H and O–H groups in total. The van der Waals surface area contributed by atoms with Crippen LogP contribution in [-0.2, 0) is 13.1 Å². The zero-order valence-corrected chi connectivity index (χ0v) is 13.7. The Kier molecular flexibility index (Phi) is 4.08. The van der Waals surface area contributed by atoms with E-state index in [0.717, 1.165) is 55.3 Å². The Labute approximate surface area is 139 Å². The SMILES string of the molecule is CNCc1cn(CC2CCCN(c3ncnc4nc[nH]c34)C2)nn1. The Balaban J connectivity index is 1.48. The molecule has 1 aliphatic heterocycles. The summed E-state index contributed by atoms with van der Waals surface area (Å²) in [5.74, 6) is 1.47. The van der Waals surface area contributed by atoms with Gasteiger partial charge in [0.2, 0.25) is 0 Å². The molecule has 126 valence electrons. The van der Waals surface area contributed by atoms with Gasteiger partial charge in [-0.1, -0.05) is 5.21 Å². The molecule has 0 saturated carbocycles. The van der Waals surface area contributed by atoms with Crippen LogP contribution < -0.4 is 10.2 Å². The van der Waals surface area contributed by atoms with E-state index in [1.165, 1.54) is 6.42 Å². The van der Waals surface area contributed by atoms with E-state index in [4.69, 9.17) is 0 Å². The number of H-pyrrole nitrogens is 1. The Morgan fingerprint density at radius 2 is 2.29 bits per heavy atom. The highest BCUT2D eigenvalue weighted by Crippen LogP contribution is 2.26. The summed E-state index contributed by atoms with van der Waals surface area (Å²) in [6, 6.07) is 0. The second-order valence-electron chi connectivity index (χ2n) is 6.21. The van der Waals surface area contributed by atoms with E-state index in [9.17, 15) is 0 Å². The fourth-order valence-electron chi connectivity index (χ4n) is 3.35. The van der Waals surface area contributed by atoms with Gasteiger partial charge >= 0.3 is 0 Å². The first kappa shape index (κ1) is 15.0. The number of piperidine rings is 1. The smallest absolute Gasteiger partial charge is 0.182 e. The van der Waals surface area contributed by atoms with Gasteiger partial charge in [-0.05, 0) is 25.8 Å². The van der Waals surface area contributed by atoms with Crippen molar-refractivity contribution in [2.24, 2.45) is 5.92 Å².